The lowest BCUT2D eigenvalue weighted by Gasteiger charge is -2.47. The molecule has 6 nitrogen and oxygen atoms in total. The molecule has 2 N–H and O–H groups in total. The molecule has 1 aliphatic carbocycles. The zero-order chi connectivity index (χ0) is 21.6. The summed E-state index contributed by atoms with van der Waals surface area (Å²) in [4.78, 5) is 11.7. The van der Waals surface area contributed by atoms with E-state index in [0.29, 0.717) is 34.8 Å². The van der Waals surface area contributed by atoms with Gasteiger partial charge in [0.15, 0.2) is 5.82 Å². The highest BCUT2D eigenvalue weighted by molar-refractivity contribution is 6.32. The summed E-state index contributed by atoms with van der Waals surface area (Å²) < 4.78 is 0. The highest BCUT2D eigenvalue weighted by Crippen LogP contribution is 2.42. The topological polar surface area (TPSA) is 76.9 Å². The van der Waals surface area contributed by atoms with Crippen LogP contribution in [0.15, 0.2) is 24.4 Å². The minimum atomic E-state index is 0.175. The number of nitrogens with one attached hydrogen (secondary N) is 2. The molecule has 31 heavy (non-hydrogen) atoms. The number of benzene rings is 1. The summed E-state index contributed by atoms with van der Waals surface area (Å²) in [6.45, 7) is 5.88. The summed E-state index contributed by atoms with van der Waals surface area (Å²) in [5.74, 6) is 1.69. The van der Waals surface area contributed by atoms with E-state index in [1.807, 2.05) is 18.2 Å². The number of piperidine rings is 1. The normalized spacial score (nSPS) is 25.0. The molecular weight excluding hydrogens is 408 g/mol. The molecule has 2 aliphatic heterocycles. The second-order valence-electron chi connectivity index (χ2n) is 9.79. The van der Waals surface area contributed by atoms with Gasteiger partial charge in [-0.25, -0.2) is 4.98 Å². The predicted octanol–water partition coefficient (Wildman–Crippen LogP) is 5.44. The molecule has 3 aliphatic rings. The van der Waals surface area contributed by atoms with Crippen molar-refractivity contribution in [2.75, 3.05) is 17.2 Å². The monoisotopic (exact) mass is 436 g/mol. The Bertz CT molecular complexity index is 1030. The third-order valence-electron chi connectivity index (χ3n) is 6.99. The van der Waals surface area contributed by atoms with Crippen LogP contribution in [0.1, 0.15) is 69.4 Å². The van der Waals surface area contributed by atoms with Gasteiger partial charge >= 0.3 is 0 Å². The molecule has 0 radical (unpaired) electrons. The summed E-state index contributed by atoms with van der Waals surface area (Å²) in [5, 5.41) is 16.9. The van der Waals surface area contributed by atoms with Gasteiger partial charge in [0.2, 0.25) is 5.95 Å². The Morgan fingerprint density at radius 3 is 2.87 bits per heavy atom. The Kier molecular flexibility index (Phi) is 5.27. The Labute approximate surface area is 189 Å². The molecule has 2 aromatic rings. The van der Waals surface area contributed by atoms with Gasteiger partial charge in [0.25, 0.3) is 0 Å². The first-order valence-electron chi connectivity index (χ1n) is 11.3. The SMILES string of the molecule is CC1(C)C[C@H](Nc2nc(Nc3ccc(C4CC4)c(C#N)c3)ncc2Cl)C[C@H]2CCCN21. The first kappa shape index (κ1) is 20.5. The van der Waals surface area contributed by atoms with Crippen molar-refractivity contribution in [2.24, 2.45) is 0 Å². The molecule has 162 valence electrons. The fourth-order valence-electron chi connectivity index (χ4n) is 5.45. The van der Waals surface area contributed by atoms with Crippen molar-refractivity contribution < 1.29 is 0 Å². The molecule has 7 heteroatoms. The number of aromatic nitrogens is 2. The van der Waals surface area contributed by atoms with Gasteiger partial charge in [0.05, 0.1) is 17.8 Å². The fourth-order valence-corrected chi connectivity index (χ4v) is 5.60. The van der Waals surface area contributed by atoms with Crippen LogP contribution in [0.3, 0.4) is 0 Å². The van der Waals surface area contributed by atoms with Crippen LogP contribution in [0.2, 0.25) is 5.02 Å². The van der Waals surface area contributed by atoms with E-state index in [0.717, 1.165) is 29.7 Å². The molecule has 1 aromatic carbocycles. The van der Waals surface area contributed by atoms with Crippen molar-refractivity contribution >= 4 is 29.1 Å². The lowest BCUT2D eigenvalue weighted by Crippen LogP contribution is -2.55. The van der Waals surface area contributed by atoms with Gasteiger partial charge in [-0.05, 0) is 82.5 Å². The van der Waals surface area contributed by atoms with Crippen molar-refractivity contribution in [1.82, 2.24) is 14.9 Å². The Balaban J connectivity index is 1.32. The highest BCUT2D eigenvalue weighted by atomic mass is 35.5. The van der Waals surface area contributed by atoms with Crippen molar-refractivity contribution in [3.63, 3.8) is 0 Å². The summed E-state index contributed by atoms with van der Waals surface area (Å²) in [6.07, 6.45) is 8.71. The lowest BCUT2D eigenvalue weighted by atomic mass is 9.84. The first-order valence-corrected chi connectivity index (χ1v) is 11.7. The molecule has 3 heterocycles. The second-order valence-corrected chi connectivity index (χ2v) is 10.2. The molecular formula is C24H29ClN6. The van der Waals surface area contributed by atoms with Crippen LogP contribution < -0.4 is 10.6 Å². The summed E-state index contributed by atoms with van der Waals surface area (Å²) in [6, 6.07) is 9.22. The van der Waals surface area contributed by atoms with Crippen molar-refractivity contribution in [3.8, 4) is 6.07 Å². The molecule has 0 amide bonds. The molecule has 2 atom stereocenters. The maximum absolute atomic E-state index is 9.52. The van der Waals surface area contributed by atoms with Crippen molar-refractivity contribution in [1.29, 1.82) is 5.26 Å². The third-order valence-corrected chi connectivity index (χ3v) is 7.27. The largest absolute Gasteiger partial charge is 0.366 e. The summed E-state index contributed by atoms with van der Waals surface area (Å²) >= 11 is 6.44. The Morgan fingerprint density at radius 1 is 1.26 bits per heavy atom. The van der Waals surface area contributed by atoms with E-state index < -0.39 is 0 Å². The molecule has 3 fully saturated rings. The first-order chi connectivity index (χ1) is 14.9. The number of fused-ring (bicyclic) bond motifs is 1. The van der Waals surface area contributed by atoms with Gasteiger partial charge in [0, 0.05) is 23.3 Å². The molecule has 0 spiro atoms. The number of nitrogens with zero attached hydrogens (tertiary/aromatic N) is 4. The maximum Gasteiger partial charge on any atom is 0.229 e. The van der Waals surface area contributed by atoms with E-state index in [-0.39, 0.29) is 5.54 Å². The molecule has 0 unspecified atom stereocenters. The van der Waals surface area contributed by atoms with Crippen molar-refractivity contribution in [2.45, 2.75) is 75.9 Å². The highest BCUT2D eigenvalue weighted by Gasteiger charge is 2.43. The van der Waals surface area contributed by atoms with E-state index in [4.69, 9.17) is 11.6 Å². The minimum absolute atomic E-state index is 0.175. The van der Waals surface area contributed by atoms with Gasteiger partial charge in [-0.15, -0.1) is 0 Å². The Morgan fingerprint density at radius 2 is 2.10 bits per heavy atom. The van der Waals surface area contributed by atoms with Crippen LogP contribution in [0, 0.1) is 11.3 Å². The van der Waals surface area contributed by atoms with Gasteiger partial charge in [0.1, 0.15) is 5.02 Å². The number of halogens is 1. The van der Waals surface area contributed by atoms with Crippen LogP contribution in [-0.4, -0.2) is 39.0 Å². The quantitative estimate of drug-likeness (QED) is 0.649. The summed E-state index contributed by atoms with van der Waals surface area (Å²) in [7, 11) is 0. The van der Waals surface area contributed by atoms with E-state index >= 15 is 0 Å². The second kappa shape index (κ2) is 7.96. The van der Waals surface area contributed by atoms with Gasteiger partial charge in [-0.2, -0.15) is 10.2 Å². The van der Waals surface area contributed by atoms with Crippen molar-refractivity contribution in [3.05, 3.63) is 40.5 Å². The van der Waals surface area contributed by atoms with Gasteiger partial charge < -0.3 is 10.6 Å². The number of rotatable bonds is 5. The summed E-state index contributed by atoms with van der Waals surface area (Å²) in [5.41, 5.74) is 2.86. The standard InChI is InChI=1S/C24H29ClN6/c1-24(2)12-18(11-19-4-3-9-31(19)24)28-22-21(25)14-27-23(30-22)29-17-7-8-20(15-5-6-15)16(10-17)13-26/h7-8,10,14-15,18-19H,3-6,9,11-12H2,1-2H3,(H2,27,28,29,30)/t18-,19-/m1/s1. The molecule has 1 saturated carbocycles. The molecule has 5 rings (SSSR count). The van der Waals surface area contributed by atoms with Gasteiger partial charge in [-0.1, -0.05) is 17.7 Å². The van der Waals surface area contributed by atoms with Crippen LogP contribution in [0.25, 0.3) is 0 Å². The average Bonchev–Trinajstić information content (AvgIpc) is 3.46. The molecule has 2 saturated heterocycles. The molecule has 0 bridgehead atoms. The molecule has 1 aromatic heterocycles. The minimum Gasteiger partial charge on any atom is -0.366 e. The average molecular weight is 437 g/mol. The lowest BCUT2D eigenvalue weighted by molar-refractivity contribution is 0.0501. The number of hydrogen-bond acceptors (Lipinski definition) is 6. The van der Waals surface area contributed by atoms with Crippen LogP contribution in [0.5, 0.6) is 0 Å². The zero-order valence-electron chi connectivity index (χ0n) is 18.2. The maximum atomic E-state index is 9.52. The fraction of sp³-hybridized carbons (Fsp3) is 0.542. The van der Waals surface area contributed by atoms with Crippen LogP contribution >= 0.6 is 11.6 Å². The number of anilines is 3. The van der Waals surface area contributed by atoms with E-state index in [1.165, 1.54) is 32.2 Å². The zero-order valence-corrected chi connectivity index (χ0v) is 18.9. The Hall–Kier alpha value is -2.36. The van der Waals surface area contributed by atoms with E-state index in [1.54, 1.807) is 6.20 Å². The van der Waals surface area contributed by atoms with Crippen LogP contribution in [0.4, 0.5) is 17.5 Å². The van der Waals surface area contributed by atoms with Crippen LogP contribution in [-0.2, 0) is 0 Å². The number of hydrogen-bond donors (Lipinski definition) is 2. The van der Waals surface area contributed by atoms with E-state index in [9.17, 15) is 5.26 Å². The smallest absolute Gasteiger partial charge is 0.229 e. The third kappa shape index (κ3) is 4.22. The number of nitriles is 1. The predicted molar refractivity (Wildman–Crippen MR) is 124 cm³/mol. The van der Waals surface area contributed by atoms with E-state index in [2.05, 4.69) is 45.4 Å². The van der Waals surface area contributed by atoms with Gasteiger partial charge in [-0.3, -0.25) is 4.90 Å².